The van der Waals surface area contributed by atoms with Gasteiger partial charge in [-0.1, -0.05) is 6.08 Å². The van der Waals surface area contributed by atoms with Crippen LogP contribution < -0.4 is 4.72 Å². The first-order valence-corrected chi connectivity index (χ1v) is 5.78. The zero-order chi connectivity index (χ0) is 12.3. The molecule has 0 amide bonds. The molecule has 0 aliphatic rings. The van der Waals surface area contributed by atoms with E-state index in [1.54, 1.807) is 6.92 Å². The topological polar surface area (TPSA) is 112 Å². The van der Waals surface area contributed by atoms with Gasteiger partial charge in [0.1, 0.15) is 5.56 Å². The molecule has 0 saturated carbocycles. The number of carbonyl (C=O) groups is 1. The predicted octanol–water partition coefficient (Wildman–Crippen LogP) is -0.0393. The van der Waals surface area contributed by atoms with Crippen molar-refractivity contribution < 1.29 is 18.3 Å². The molecule has 1 heterocycles. The molecule has 0 fully saturated rings. The second-order valence-corrected chi connectivity index (χ2v) is 4.71. The minimum Gasteiger partial charge on any atom is -0.478 e. The molecule has 0 radical (unpaired) electrons. The standard InChI is InChI=1S/C8H11N3O4S/c1-3-5(2)11-16(14,15)7-6(8(12)13)4-9-10-7/h3-5,11H,1H2,2H3,(H,9,10)(H,12,13). The van der Waals surface area contributed by atoms with E-state index >= 15 is 0 Å². The highest BCUT2D eigenvalue weighted by Crippen LogP contribution is 2.12. The molecular formula is C8H11N3O4S. The first-order chi connectivity index (χ1) is 7.38. The monoisotopic (exact) mass is 245 g/mol. The molecule has 0 saturated heterocycles. The number of hydrogen-bond donors (Lipinski definition) is 3. The van der Waals surface area contributed by atoms with Crippen LogP contribution in [0.1, 0.15) is 17.3 Å². The Hall–Kier alpha value is -1.67. The Morgan fingerprint density at radius 1 is 1.75 bits per heavy atom. The first kappa shape index (κ1) is 12.4. The highest BCUT2D eigenvalue weighted by atomic mass is 32.2. The maximum atomic E-state index is 11.7. The van der Waals surface area contributed by atoms with Crippen molar-refractivity contribution in [2.24, 2.45) is 0 Å². The number of H-pyrrole nitrogens is 1. The fraction of sp³-hybridized carbons (Fsp3) is 0.250. The number of nitrogens with zero attached hydrogens (tertiary/aromatic N) is 1. The number of carboxylic acid groups (broad SMARTS) is 1. The number of aromatic nitrogens is 2. The van der Waals surface area contributed by atoms with E-state index < -0.39 is 32.6 Å². The highest BCUT2D eigenvalue weighted by Gasteiger charge is 2.25. The van der Waals surface area contributed by atoms with E-state index in [0.717, 1.165) is 6.20 Å². The quantitative estimate of drug-likeness (QED) is 0.630. The Kier molecular flexibility index (Phi) is 3.45. The highest BCUT2D eigenvalue weighted by molar-refractivity contribution is 7.89. The average Bonchev–Trinajstić information content (AvgIpc) is 2.65. The second kappa shape index (κ2) is 4.45. The lowest BCUT2D eigenvalue weighted by Crippen LogP contribution is -2.32. The van der Waals surface area contributed by atoms with E-state index in [-0.39, 0.29) is 0 Å². The summed E-state index contributed by atoms with van der Waals surface area (Å²) in [6.07, 6.45) is 2.32. The van der Waals surface area contributed by atoms with Gasteiger partial charge in [0.15, 0.2) is 5.03 Å². The van der Waals surface area contributed by atoms with Crippen LogP contribution in [0.2, 0.25) is 0 Å². The SMILES string of the molecule is C=CC(C)NS(=O)(=O)c1[nH]ncc1C(=O)O. The molecule has 88 valence electrons. The molecule has 16 heavy (non-hydrogen) atoms. The second-order valence-electron chi connectivity index (χ2n) is 3.06. The zero-order valence-corrected chi connectivity index (χ0v) is 9.28. The van der Waals surface area contributed by atoms with Gasteiger partial charge in [-0.15, -0.1) is 6.58 Å². The maximum Gasteiger partial charge on any atom is 0.340 e. The van der Waals surface area contributed by atoms with Gasteiger partial charge < -0.3 is 5.11 Å². The van der Waals surface area contributed by atoms with Crippen LogP contribution in [-0.2, 0) is 10.0 Å². The average molecular weight is 245 g/mol. The summed E-state index contributed by atoms with van der Waals surface area (Å²) in [6.45, 7) is 4.99. The summed E-state index contributed by atoms with van der Waals surface area (Å²) in [4.78, 5) is 10.7. The number of aromatic carboxylic acids is 1. The molecule has 1 aromatic rings. The Balaban J connectivity index is 3.12. The maximum absolute atomic E-state index is 11.7. The Labute approximate surface area is 92.2 Å². The minimum atomic E-state index is -3.92. The lowest BCUT2D eigenvalue weighted by molar-refractivity contribution is 0.0692. The Morgan fingerprint density at radius 3 is 2.88 bits per heavy atom. The molecule has 3 N–H and O–H groups in total. The third-order valence-electron chi connectivity index (χ3n) is 1.80. The summed E-state index contributed by atoms with van der Waals surface area (Å²) in [7, 11) is -3.92. The smallest absolute Gasteiger partial charge is 0.340 e. The summed E-state index contributed by atoms with van der Waals surface area (Å²) >= 11 is 0. The number of hydrogen-bond acceptors (Lipinski definition) is 4. The summed E-state index contributed by atoms with van der Waals surface area (Å²) in [6, 6.07) is -0.505. The van der Waals surface area contributed by atoms with Gasteiger partial charge in [0.2, 0.25) is 0 Å². The molecule has 1 rings (SSSR count). The van der Waals surface area contributed by atoms with Gasteiger partial charge in [-0.3, -0.25) is 5.10 Å². The van der Waals surface area contributed by atoms with Crippen molar-refractivity contribution in [1.29, 1.82) is 0 Å². The Bertz CT molecular complexity index is 505. The van der Waals surface area contributed by atoms with E-state index in [2.05, 4.69) is 21.5 Å². The molecule has 1 atom stereocenters. The lowest BCUT2D eigenvalue weighted by Gasteiger charge is -2.08. The van der Waals surface area contributed by atoms with Crippen molar-refractivity contribution in [2.45, 2.75) is 18.0 Å². The predicted molar refractivity (Wildman–Crippen MR) is 55.5 cm³/mol. The van der Waals surface area contributed by atoms with Crippen LogP contribution in [0.5, 0.6) is 0 Å². The molecule has 0 aromatic carbocycles. The summed E-state index contributed by atoms with van der Waals surface area (Å²) in [5, 5.41) is 13.8. The first-order valence-electron chi connectivity index (χ1n) is 4.30. The third-order valence-corrected chi connectivity index (χ3v) is 3.33. The van der Waals surface area contributed by atoms with Gasteiger partial charge in [-0.25, -0.2) is 17.9 Å². The third kappa shape index (κ3) is 2.47. The van der Waals surface area contributed by atoms with E-state index in [9.17, 15) is 13.2 Å². The van der Waals surface area contributed by atoms with Gasteiger partial charge in [0, 0.05) is 6.04 Å². The molecular weight excluding hydrogens is 234 g/mol. The van der Waals surface area contributed by atoms with Crippen LogP contribution in [0, 0.1) is 0 Å². The van der Waals surface area contributed by atoms with Gasteiger partial charge >= 0.3 is 5.97 Å². The van der Waals surface area contributed by atoms with Crippen molar-refractivity contribution in [3.8, 4) is 0 Å². The molecule has 7 nitrogen and oxygen atoms in total. The molecule has 0 aliphatic carbocycles. The van der Waals surface area contributed by atoms with Gasteiger partial charge in [-0.05, 0) is 6.92 Å². The van der Waals surface area contributed by atoms with E-state index in [0.29, 0.717) is 0 Å². The normalized spacial score (nSPS) is 13.3. The van der Waals surface area contributed by atoms with Crippen molar-refractivity contribution in [1.82, 2.24) is 14.9 Å². The van der Waals surface area contributed by atoms with Crippen LogP contribution in [0.15, 0.2) is 23.9 Å². The summed E-state index contributed by atoms with van der Waals surface area (Å²) < 4.78 is 25.6. The number of aromatic amines is 1. The fourth-order valence-electron chi connectivity index (χ4n) is 0.983. The van der Waals surface area contributed by atoms with Gasteiger partial charge in [0.25, 0.3) is 10.0 Å². The molecule has 1 aromatic heterocycles. The number of carboxylic acids is 1. The molecule has 0 aliphatic heterocycles. The van der Waals surface area contributed by atoms with Gasteiger partial charge in [0.05, 0.1) is 6.20 Å². The number of sulfonamides is 1. The van der Waals surface area contributed by atoms with Crippen molar-refractivity contribution >= 4 is 16.0 Å². The van der Waals surface area contributed by atoms with Crippen LogP contribution >= 0.6 is 0 Å². The van der Waals surface area contributed by atoms with Crippen molar-refractivity contribution in [3.63, 3.8) is 0 Å². The molecule has 1 unspecified atom stereocenters. The van der Waals surface area contributed by atoms with E-state index in [4.69, 9.17) is 5.11 Å². The van der Waals surface area contributed by atoms with Crippen LogP contribution in [0.25, 0.3) is 0 Å². The Morgan fingerprint density at radius 2 is 2.38 bits per heavy atom. The lowest BCUT2D eigenvalue weighted by atomic mass is 10.4. The van der Waals surface area contributed by atoms with E-state index in [1.807, 2.05) is 0 Å². The molecule has 0 spiro atoms. The number of rotatable bonds is 5. The number of nitrogens with one attached hydrogen (secondary N) is 2. The van der Waals surface area contributed by atoms with Crippen LogP contribution in [-0.4, -0.2) is 35.7 Å². The minimum absolute atomic E-state index is 0.399. The van der Waals surface area contributed by atoms with Crippen LogP contribution in [0.3, 0.4) is 0 Å². The van der Waals surface area contributed by atoms with Crippen molar-refractivity contribution in [2.75, 3.05) is 0 Å². The van der Waals surface area contributed by atoms with Crippen LogP contribution in [0.4, 0.5) is 0 Å². The van der Waals surface area contributed by atoms with Gasteiger partial charge in [-0.2, -0.15) is 5.10 Å². The zero-order valence-electron chi connectivity index (χ0n) is 8.47. The summed E-state index contributed by atoms with van der Waals surface area (Å²) in [5.41, 5.74) is -0.399. The molecule has 8 heteroatoms. The van der Waals surface area contributed by atoms with E-state index in [1.165, 1.54) is 6.08 Å². The largest absolute Gasteiger partial charge is 0.478 e. The summed E-state index contributed by atoms with van der Waals surface area (Å²) in [5.74, 6) is -1.36. The van der Waals surface area contributed by atoms with Crippen molar-refractivity contribution in [3.05, 3.63) is 24.4 Å². The fourth-order valence-corrected chi connectivity index (χ4v) is 2.29. The molecule has 0 bridgehead atoms.